The van der Waals surface area contributed by atoms with Gasteiger partial charge < -0.3 is 5.32 Å². The zero-order chi connectivity index (χ0) is 26.1. The summed E-state index contributed by atoms with van der Waals surface area (Å²) in [6.45, 7) is 21.5. The van der Waals surface area contributed by atoms with Crippen molar-refractivity contribution in [2.45, 2.75) is 101 Å². The van der Waals surface area contributed by atoms with E-state index in [1.165, 1.54) is 11.3 Å². The highest BCUT2D eigenvalue weighted by atomic mass is 16.2. The van der Waals surface area contributed by atoms with Gasteiger partial charge in [0, 0.05) is 30.3 Å². The second-order valence-corrected chi connectivity index (χ2v) is 13.8. The van der Waals surface area contributed by atoms with Gasteiger partial charge in [0.1, 0.15) is 0 Å². The molecule has 1 saturated carbocycles. The molecule has 0 spiro atoms. The molecular formula is C29H48N2O3. The largest absolute Gasteiger partial charge is 0.352 e. The number of carbonyl (C=O) groups excluding carboxylic acids is 3. The highest BCUT2D eigenvalue weighted by molar-refractivity contribution is 6.03. The van der Waals surface area contributed by atoms with E-state index in [-0.39, 0.29) is 35.1 Å². The second kappa shape index (κ2) is 9.99. The van der Waals surface area contributed by atoms with Crippen molar-refractivity contribution >= 4 is 17.7 Å². The summed E-state index contributed by atoms with van der Waals surface area (Å²) in [5.41, 5.74) is 1.33. The summed E-state index contributed by atoms with van der Waals surface area (Å²) in [5, 5.41) is 3.09. The summed E-state index contributed by atoms with van der Waals surface area (Å²) in [6.07, 6.45) is 8.45. The molecule has 3 amide bonds. The van der Waals surface area contributed by atoms with Crippen LogP contribution in [0.2, 0.25) is 0 Å². The van der Waals surface area contributed by atoms with Gasteiger partial charge in [0.25, 0.3) is 0 Å². The Kier molecular flexibility index (Phi) is 8.32. The molecule has 0 unspecified atom stereocenters. The molecule has 2 fully saturated rings. The van der Waals surface area contributed by atoms with E-state index in [9.17, 15) is 14.4 Å². The van der Waals surface area contributed by atoms with Crippen LogP contribution in [0.5, 0.6) is 0 Å². The maximum Gasteiger partial charge on any atom is 0.235 e. The Morgan fingerprint density at radius 2 is 1.44 bits per heavy atom. The molecule has 0 aromatic rings. The van der Waals surface area contributed by atoms with Gasteiger partial charge in [-0.25, -0.2) is 0 Å². The fraction of sp³-hybridized carbons (Fsp3) is 0.759. The van der Waals surface area contributed by atoms with Crippen LogP contribution in [0.4, 0.5) is 0 Å². The van der Waals surface area contributed by atoms with Gasteiger partial charge >= 0.3 is 0 Å². The van der Waals surface area contributed by atoms with E-state index in [1.807, 2.05) is 53.7 Å². The van der Waals surface area contributed by atoms with Crippen LogP contribution in [0.25, 0.3) is 0 Å². The lowest BCUT2D eigenvalue weighted by molar-refractivity contribution is -0.164. The minimum Gasteiger partial charge on any atom is -0.352 e. The predicted octanol–water partition coefficient (Wildman–Crippen LogP) is 6.05. The number of imide groups is 1. The van der Waals surface area contributed by atoms with Crippen LogP contribution in [0.3, 0.4) is 0 Å². The first-order valence-corrected chi connectivity index (χ1v) is 12.8. The highest BCUT2D eigenvalue weighted by Crippen LogP contribution is 2.49. The maximum absolute atomic E-state index is 12.9. The number of carbonyl (C=O) groups is 3. The smallest absolute Gasteiger partial charge is 0.235 e. The van der Waals surface area contributed by atoms with Gasteiger partial charge in [0.15, 0.2) is 0 Å². The first-order chi connectivity index (χ1) is 15.4. The van der Waals surface area contributed by atoms with Crippen molar-refractivity contribution in [3.8, 4) is 0 Å². The predicted molar refractivity (Wildman–Crippen MR) is 139 cm³/mol. The molecule has 0 atom stereocenters. The molecule has 1 aliphatic carbocycles. The van der Waals surface area contributed by atoms with Gasteiger partial charge in [-0.3, -0.25) is 19.3 Å². The first-order valence-electron chi connectivity index (χ1n) is 12.8. The van der Waals surface area contributed by atoms with Crippen LogP contribution < -0.4 is 5.32 Å². The van der Waals surface area contributed by atoms with Crippen molar-refractivity contribution in [1.29, 1.82) is 0 Å². The van der Waals surface area contributed by atoms with Crippen molar-refractivity contribution in [1.82, 2.24) is 10.2 Å². The second-order valence-electron chi connectivity index (χ2n) is 13.8. The van der Waals surface area contributed by atoms with Crippen LogP contribution >= 0.6 is 0 Å². The summed E-state index contributed by atoms with van der Waals surface area (Å²) < 4.78 is 0. The third kappa shape index (κ3) is 7.29. The quantitative estimate of drug-likeness (QED) is 0.362. The molecule has 1 heterocycles. The van der Waals surface area contributed by atoms with Gasteiger partial charge in [-0.2, -0.15) is 0 Å². The van der Waals surface area contributed by atoms with Gasteiger partial charge in [-0.05, 0) is 61.9 Å². The number of allylic oxidation sites excluding steroid dienone is 1. The molecule has 1 aliphatic heterocycles. The number of rotatable bonds is 7. The molecule has 1 saturated heterocycles. The Hall–Kier alpha value is -1.91. The Bertz CT molecular complexity index is 832. The Morgan fingerprint density at radius 3 is 1.91 bits per heavy atom. The van der Waals surface area contributed by atoms with Crippen LogP contribution in [0.15, 0.2) is 23.3 Å². The van der Waals surface area contributed by atoms with Crippen molar-refractivity contribution in [2.75, 3.05) is 13.1 Å². The molecule has 0 bridgehead atoms. The highest BCUT2D eigenvalue weighted by Gasteiger charge is 2.49. The molecule has 0 aromatic carbocycles. The van der Waals surface area contributed by atoms with E-state index in [4.69, 9.17) is 0 Å². The lowest BCUT2D eigenvalue weighted by atomic mass is 9.61. The van der Waals surface area contributed by atoms with Gasteiger partial charge in [-0.15, -0.1) is 0 Å². The van der Waals surface area contributed by atoms with Gasteiger partial charge in [0.2, 0.25) is 17.7 Å². The minimum atomic E-state index is -0.558. The topological polar surface area (TPSA) is 66.5 Å². The summed E-state index contributed by atoms with van der Waals surface area (Å²) >= 11 is 0. The van der Waals surface area contributed by atoms with E-state index in [1.54, 1.807) is 0 Å². The molecule has 2 aliphatic rings. The Labute approximate surface area is 207 Å². The molecule has 5 nitrogen and oxygen atoms in total. The molecule has 34 heavy (non-hydrogen) atoms. The standard InChI is InChI=1S/C29H48N2O3/c1-11-21(16-30-23(32)13-22-14-26(3,4)18-27(5,6)15-22)12-20(2)17-31-24(33)28(7,8)19-29(9,10)25(31)34/h11-12,22H,13-19H2,1-10H3,(H,30,32). The zero-order valence-corrected chi connectivity index (χ0v) is 23.4. The SMILES string of the molecule is CC=C(C=C(C)CN1C(=O)C(C)(C)CC(C)(C)C1=O)CNC(=O)CC1CC(C)(C)CC(C)(C)C1. The average Bonchev–Trinajstić information content (AvgIpc) is 2.63. The van der Waals surface area contributed by atoms with Crippen LogP contribution in [0.1, 0.15) is 101 Å². The third-order valence-electron chi connectivity index (χ3n) is 7.35. The molecule has 0 radical (unpaired) electrons. The number of nitrogens with zero attached hydrogens (tertiary/aromatic N) is 1. The minimum absolute atomic E-state index is 0.0915. The molecule has 0 aromatic heterocycles. The van der Waals surface area contributed by atoms with Crippen molar-refractivity contribution < 1.29 is 14.4 Å². The normalized spacial score (nSPS) is 24.8. The third-order valence-corrected chi connectivity index (χ3v) is 7.35. The number of piperidine rings is 1. The fourth-order valence-corrected chi connectivity index (χ4v) is 6.82. The van der Waals surface area contributed by atoms with E-state index < -0.39 is 10.8 Å². The molecule has 5 heteroatoms. The number of nitrogens with one attached hydrogen (secondary N) is 1. The molecule has 1 N–H and O–H groups in total. The van der Waals surface area contributed by atoms with Crippen molar-refractivity contribution in [3.05, 3.63) is 23.3 Å². The Balaban J connectivity index is 1.98. The maximum atomic E-state index is 12.9. The van der Waals surface area contributed by atoms with Crippen LogP contribution in [-0.2, 0) is 14.4 Å². The van der Waals surface area contributed by atoms with Gasteiger partial charge in [-0.1, -0.05) is 73.1 Å². The zero-order valence-electron chi connectivity index (χ0n) is 23.4. The summed E-state index contributed by atoms with van der Waals surface area (Å²) in [6, 6.07) is 0. The number of likely N-dealkylation sites (tertiary alicyclic amines) is 1. The number of hydrogen-bond acceptors (Lipinski definition) is 3. The summed E-state index contributed by atoms with van der Waals surface area (Å²) in [4.78, 5) is 40.0. The number of hydrogen-bond donors (Lipinski definition) is 1. The lowest BCUT2D eigenvalue weighted by Crippen LogP contribution is -2.56. The molecular weight excluding hydrogens is 424 g/mol. The Morgan fingerprint density at radius 1 is 0.941 bits per heavy atom. The molecule has 192 valence electrons. The van der Waals surface area contributed by atoms with Crippen molar-refractivity contribution in [3.63, 3.8) is 0 Å². The van der Waals surface area contributed by atoms with Crippen molar-refractivity contribution in [2.24, 2.45) is 27.6 Å². The fourth-order valence-electron chi connectivity index (χ4n) is 6.82. The summed E-state index contributed by atoms with van der Waals surface area (Å²) in [7, 11) is 0. The van der Waals surface area contributed by atoms with E-state index in [0.717, 1.165) is 24.0 Å². The molecule has 2 rings (SSSR count). The summed E-state index contributed by atoms with van der Waals surface area (Å²) in [5.74, 6) is 0.276. The van der Waals surface area contributed by atoms with E-state index in [2.05, 4.69) is 33.0 Å². The average molecular weight is 473 g/mol. The van der Waals surface area contributed by atoms with Crippen LogP contribution in [-0.4, -0.2) is 35.7 Å². The van der Waals surface area contributed by atoms with Crippen LogP contribution in [0, 0.1) is 27.6 Å². The lowest BCUT2D eigenvalue weighted by Gasteiger charge is -2.45. The van der Waals surface area contributed by atoms with Gasteiger partial charge in [0.05, 0.1) is 0 Å². The number of amides is 3. The monoisotopic (exact) mass is 472 g/mol. The van der Waals surface area contributed by atoms with E-state index in [0.29, 0.717) is 25.3 Å². The first kappa shape index (κ1) is 28.3. The van der Waals surface area contributed by atoms with E-state index >= 15 is 0 Å².